The van der Waals surface area contributed by atoms with Gasteiger partial charge in [0.25, 0.3) is 5.91 Å². The van der Waals surface area contributed by atoms with Crippen molar-refractivity contribution < 1.29 is 14.3 Å². The van der Waals surface area contributed by atoms with Gasteiger partial charge in [-0.3, -0.25) is 4.79 Å². The zero-order valence-electron chi connectivity index (χ0n) is 15.6. The number of amides is 1. The molecule has 1 aliphatic rings. The molecule has 26 heavy (non-hydrogen) atoms. The second kappa shape index (κ2) is 8.23. The fourth-order valence-corrected chi connectivity index (χ4v) is 2.90. The van der Waals surface area contributed by atoms with Gasteiger partial charge in [-0.2, -0.15) is 0 Å². The van der Waals surface area contributed by atoms with Crippen LogP contribution < -0.4 is 15.0 Å². The van der Waals surface area contributed by atoms with Gasteiger partial charge in [0.15, 0.2) is 6.10 Å². The number of aryl methyl sites for hydroxylation is 2. The number of ether oxygens (including phenoxy) is 2. The molecule has 0 aromatic heterocycles. The first-order valence-electron chi connectivity index (χ1n) is 9.00. The second-order valence-corrected chi connectivity index (χ2v) is 6.66. The fraction of sp³-hybridized carbons (Fsp3) is 0.381. The Morgan fingerprint density at radius 3 is 2.50 bits per heavy atom. The van der Waals surface area contributed by atoms with Crippen molar-refractivity contribution in [2.45, 2.75) is 26.9 Å². The summed E-state index contributed by atoms with van der Waals surface area (Å²) in [4.78, 5) is 14.7. The number of hydrogen-bond donors (Lipinski definition) is 1. The van der Waals surface area contributed by atoms with Crippen molar-refractivity contribution in [3.8, 4) is 5.75 Å². The molecule has 0 saturated carbocycles. The first kappa shape index (κ1) is 18.3. The Morgan fingerprint density at radius 1 is 1.12 bits per heavy atom. The SMILES string of the molecule is Cc1ccc(C)c(O[C@@H](C)C(=O)Nc2ccc(N3CCOCC3)cc2)c1. The number of hydrogen-bond acceptors (Lipinski definition) is 4. The summed E-state index contributed by atoms with van der Waals surface area (Å²) in [5, 5.41) is 2.92. The Bertz CT molecular complexity index is 752. The van der Waals surface area contributed by atoms with Crippen molar-refractivity contribution in [2.24, 2.45) is 0 Å². The molecular weight excluding hydrogens is 328 g/mol. The molecule has 1 N–H and O–H groups in total. The number of rotatable bonds is 5. The molecule has 0 aliphatic carbocycles. The van der Waals surface area contributed by atoms with E-state index in [1.807, 2.05) is 56.3 Å². The van der Waals surface area contributed by atoms with Crippen LogP contribution >= 0.6 is 0 Å². The average Bonchev–Trinajstić information content (AvgIpc) is 2.66. The van der Waals surface area contributed by atoms with Crippen molar-refractivity contribution in [3.63, 3.8) is 0 Å². The molecule has 5 nitrogen and oxygen atoms in total. The minimum Gasteiger partial charge on any atom is -0.481 e. The van der Waals surface area contributed by atoms with Gasteiger partial charge in [0, 0.05) is 24.5 Å². The van der Waals surface area contributed by atoms with Crippen LogP contribution in [0.1, 0.15) is 18.1 Å². The number of carbonyl (C=O) groups excluding carboxylic acids is 1. The lowest BCUT2D eigenvalue weighted by Crippen LogP contribution is -2.36. The van der Waals surface area contributed by atoms with Crippen molar-refractivity contribution in [3.05, 3.63) is 53.6 Å². The fourth-order valence-electron chi connectivity index (χ4n) is 2.90. The van der Waals surface area contributed by atoms with Crippen molar-refractivity contribution in [2.75, 3.05) is 36.5 Å². The van der Waals surface area contributed by atoms with E-state index in [0.717, 1.165) is 54.6 Å². The maximum atomic E-state index is 12.4. The maximum Gasteiger partial charge on any atom is 0.265 e. The topological polar surface area (TPSA) is 50.8 Å². The molecule has 2 aromatic rings. The molecule has 0 spiro atoms. The highest BCUT2D eigenvalue weighted by molar-refractivity contribution is 5.94. The number of morpholine rings is 1. The van der Waals surface area contributed by atoms with Crippen LogP contribution in [0.3, 0.4) is 0 Å². The number of benzene rings is 2. The Balaban J connectivity index is 1.59. The summed E-state index contributed by atoms with van der Waals surface area (Å²) in [7, 11) is 0. The Morgan fingerprint density at radius 2 is 1.81 bits per heavy atom. The van der Waals surface area contributed by atoms with Crippen LogP contribution in [0.4, 0.5) is 11.4 Å². The van der Waals surface area contributed by atoms with Gasteiger partial charge in [0.05, 0.1) is 13.2 Å². The van der Waals surface area contributed by atoms with E-state index >= 15 is 0 Å². The third-order valence-electron chi connectivity index (χ3n) is 4.53. The minimum atomic E-state index is -0.575. The summed E-state index contributed by atoms with van der Waals surface area (Å²) in [6, 6.07) is 13.9. The summed E-state index contributed by atoms with van der Waals surface area (Å²) in [5.74, 6) is 0.584. The summed E-state index contributed by atoms with van der Waals surface area (Å²) in [6.45, 7) is 9.05. The van der Waals surface area contributed by atoms with E-state index in [0.29, 0.717) is 0 Å². The Kier molecular flexibility index (Phi) is 5.78. The highest BCUT2D eigenvalue weighted by atomic mass is 16.5. The van der Waals surface area contributed by atoms with Gasteiger partial charge in [0.2, 0.25) is 0 Å². The standard InChI is InChI=1S/C21H26N2O3/c1-15-4-5-16(2)20(14-15)26-17(3)21(24)22-18-6-8-19(9-7-18)23-10-12-25-13-11-23/h4-9,14,17H,10-13H2,1-3H3,(H,22,24)/t17-/m0/s1. The molecule has 3 rings (SSSR count). The zero-order valence-corrected chi connectivity index (χ0v) is 15.6. The van der Waals surface area contributed by atoms with E-state index < -0.39 is 6.10 Å². The summed E-state index contributed by atoms with van der Waals surface area (Å²) >= 11 is 0. The molecule has 1 saturated heterocycles. The molecular formula is C21H26N2O3. The molecule has 1 amide bonds. The zero-order chi connectivity index (χ0) is 18.5. The Hall–Kier alpha value is -2.53. The van der Waals surface area contributed by atoms with Gasteiger partial charge in [-0.15, -0.1) is 0 Å². The smallest absolute Gasteiger partial charge is 0.265 e. The van der Waals surface area contributed by atoms with Crippen LogP contribution in [0, 0.1) is 13.8 Å². The first-order chi connectivity index (χ1) is 12.5. The van der Waals surface area contributed by atoms with E-state index in [4.69, 9.17) is 9.47 Å². The number of anilines is 2. The van der Waals surface area contributed by atoms with Gasteiger partial charge in [-0.1, -0.05) is 12.1 Å². The highest BCUT2D eigenvalue weighted by Gasteiger charge is 2.16. The predicted molar refractivity (Wildman–Crippen MR) is 104 cm³/mol. The molecule has 0 radical (unpaired) electrons. The number of nitrogens with zero attached hydrogens (tertiary/aromatic N) is 1. The molecule has 5 heteroatoms. The van der Waals surface area contributed by atoms with Crippen LogP contribution in [0.2, 0.25) is 0 Å². The van der Waals surface area contributed by atoms with E-state index in [1.165, 1.54) is 0 Å². The van der Waals surface area contributed by atoms with Gasteiger partial charge < -0.3 is 19.7 Å². The van der Waals surface area contributed by atoms with Crippen molar-refractivity contribution >= 4 is 17.3 Å². The predicted octanol–water partition coefficient (Wildman–Crippen LogP) is 3.55. The molecule has 2 aromatic carbocycles. The molecule has 0 bridgehead atoms. The normalized spacial score (nSPS) is 15.4. The first-order valence-corrected chi connectivity index (χ1v) is 9.00. The third-order valence-corrected chi connectivity index (χ3v) is 4.53. The third kappa shape index (κ3) is 4.55. The van der Waals surface area contributed by atoms with Gasteiger partial charge in [-0.25, -0.2) is 0 Å². The highest BCUT2D eigenvalue weighted by Crippen LogP contribution is 2.22. The summed E-state index contributed by atoms with van der Waals surface area (Å²) in [5.41, 5.74) is 4.04. The lowest BCUT2D eigenvalue weighted by Gasteiger charge is -2.29. The van der Waals surface area contributed by atoms with Crippen LogP contribution in [0.5, 0.6) is 5.75 Å². The van der Waals surface area contributed by atoms with Crippen LogP contribution in [0.25, 0.3) is 0 Å². The van der Waals surface area contributed by atoms with Gasteiger partial charge in [0.1, 0.15) is 5.75 Å². The van der Waals surface area contributed by atoms with E-state index in [-0.39, 0.29) is 5.91 Å². The lowest BCUT2D eigenvalue weighted by molar-refractivity contribution is -0.122. The number of carbonyl (C=O) groups is 1. The van der Waals surface area contributed by atoms with E-state index in [2.05, 4.69) is 10.2 Å². The van der Waals surface area contributed by atoms with E-state index in [9.17, 15) is 4.79 Å². The van der Waals surface area contributed by atoms with Crippen molar-refractivity contribution in [1.29, 1.82) is 0 Å². The Labute approximate surface area is 154 Å². The molecule has 1 heterocycles. The van der Waals surface area contributed by atoms with Crippen LogP contribution in [0.15, 0.2) is 42.5 Å². The molecule has 1 atom stereocenters. The second-order valence-electron chi connectivity index (χ2n) is 6.66. The molecule has 1 fully saturated rings. The van der Waals surface area contributed by atoms with Crippen LogP contribution in [-0.2, 0) is 9.53 Å². The monoisotopic (exact) mass is 354 g/mol. The maximum absolute atomic E-state index is 12.4. The summed E-state index contributed by atoms with van der Waals surface area (Å²) < 4.78 is 11.2. The van der Waals surface area contributed by atoms with Gasteiger partial charge in [-0.05, 0) is 62.2 Å². The summed E-state index contributed by atoms with van der Waals surface area (Å²) in [6.07, 6.45) is -0.575. The average molecular weight is 354 g/mol. The van der Waals surface area contributed by atoms with Crippen molar-refractivity contribution in [1.82, 2.24) is 0 Å². The molecule has 138 valence electrons. The lowest BCUT2D eigenvalue weighted by atomic mass is 10.1. The van der Waals surface area contributed by atoms with Gasteiger partial charge >= 0.3 is 0 Å². The number of nitrogens with one attached hydrogen (secondary N) is 1. The molecule has 0 unspecified atom stereocenters. The van der Waals surface area contributed by atoms with E-state index in [1.54, 1.807) is 6.92 Å². The van der Waals surface area contributed by atoms with Crippen LogP contribution in [-0.4, -0.2) is 38.3 Å². The molecule has 1 aliphatic heterocycles. The quantitative estimate of drug-likeness (QED) is 0.892. The largest absolute Gasteiger partial charge is 0.481 e. The minimum absolute atomic E-state index is 0.162.